The molecule has 2 saturated carbocycles. The average Bonchev–Trinajstić information content (AvgIpc) is 3.46. The van der Waals surface area contributed by atoms with E-state index >= 15 is 0 Å². The molecule has 234 valence electrons. The Bertz CT molecular complexity index is 1200. The molecular formula is C39H55NO3. The molecule has 1 atom stereocenters. The number of Topliss-reactive ketones (excluding diaryl/α,β-unsaturated/α-hetero) is 1. The second-order valence-corrected chi connectivity index (χ2v) is 13.8. The quantitative estimate of drug-likeness (QED) is 0.229. The molecule has 1 aromatic rings. The predicted octanol–water partition coefficient (Wildman–Crippen LogP) is 9.41. The highest BCUT2D eigenvalue weighted by Gasteiger charge is 2.30. The third-order valence-electron chi connectivity index (χ3n) is 11.1. The van der Waals surface area contributed by atoms with Gasteiger partial charge < -0.3 is 9.47 Å². The minimum atomic E-state index is 0.293. The fourth-order valence-electron chi connectivity index (χ4n) is 8.12. The number of allylic oxidation sites excluding steroid dienone is 6. The van der Waals surface area contributed by atoms with E-state index in [1.165, 1.54) is 81.0 Å². The van der Waals surface area contributed by atoms with Crippen LogP contribution in [0, 0.1) is 23.7 Å². The van der Waals surface area contributed by atoms with Crippen LogP contribution >= 0.6 is 0 Å². The Morgan fingerprint density at radius 3 is 2.44 bits per heavy atom. The molecule has 0 aromatic carbocycles. The predicted molar refractivity (Wildman–Crippen MR) is 176 cm³/mol. The number of ketones is 1. The molecule has 1 saturated heterocycles. The molecule has 0 bridgehead atoms. The number of carbonyl (C=O) groups is 1. The highest BCUT2D eigenvalue weighted by molar-refractivity contribution is 5.96. The van der Waals surface area contributed by atoms with Gasteiger partial charge in [-0.1, -0.05) is 69.9 Å². The number of methoxy groups -OCH3 is 1. The van der Waals surface area contributed by atoms with Crippen LogP contribution in [0.25, 0.3) is 0 Å². The summed E-state index contributed by atoms with van der Waals surface area (Å²) in [5.74, 6) is 4.33. The molecule has 2 heterocycles. The van der Waals surface area contributed by atoms with Gasteiger partial charge in [-0.05, 0) is 105 Å². The summed E-state index contributed by atoms with van der Waals surface area (Å²) in [5.41, 5.74) is 6.92. The van der Waals surface area contributed by atoms with Crippen molar-refractivity contribution in [2.75, 3.05) is 20.3 Å². The molecular weight excluding hydrogens is 530 g/mol. The number of carbonyl (C=O) groups excluding carboxylic acids is 1. The summed E-state index contributed by atoms with van der Waals surface area (Å²) >= 11 is 0. The second kappa shape index (κ2) is 15.5. The number of hydrogen-bond donors (Lipinski definition) is 0. The van der Waals surface area contributed by atoms with Crippen molar-refractivity contribution >= 4 is 5.78 Å². The normalized spacial score (nSPS) is 24.5. The van der Waals surface area contributed by atoms with Crippen molar-refractivity contribution in [2.45, 2.75) is 116 Å². The zero-order chi connectivity index (χ0) is 30.2. The number of ether oxygens (including phenoxy) is 2. The van der Waals surface area contributed by atoms with E-state index in [2.05, 4.69) is 44.7 Å². The topological polar surface area (TPSA) is 48.4 Å². The van der Waals surface area contributed by atoms with Gasteiger partial charge in [0.2, 0.25) is 0 Å². The van der Waals surface area contributed by atoms with Gasteiger partial charge in [-0.15, -0.1) is 0 Å². The third kappa shape index (κ3) is 8.38. The van der Waals surface area contributed by atoms with Crippen molar-refractivity contribution in [1.82, 2.24) is 4.98 Å². The Balaban J connectivity index is 1.26. The summed E-state index contributed by atoms with van der Waals surface area (Å²) in [5, 5.41) is 0. The lowest BCUT2D eigenvalue weighted by Crippen LogP contribution is -2.27. The van der Waals surface area contributed by atoms with Crippen molar-refractivity contribution in [1.29, 1.82) is 0 Å². The number of hydrogen-bond acceptors (Lipinski definition) is 4. The van der Waals surface area contributed by atoms with Gasteiger partial charge >= 0.3 is 0 Å². The zero-order valence-corrected chi connectivity index (χ0v) is 27.2. The minimum Gasteiger partial charge on any atom is -0.496 e. The Hall–Kier alpha value is -2.46. The molecule has 1 unspecified atom stereocenters. The van der Waals surface area contributed by atoms with Crippen molar-refractivity contribution < 1.29 is 14.3 Å². The standard InChI is InChI=1S/C39H55NO3/c1-5-27(2)28(3)36-18-17-35(40-37(36)23-29-9-6-7-10-29)25-34-12-8-11-33(26-39(34)42-4)38(41)24-30-13-15-31(16-14-30)32-19-21-43-22-20-32/h8,12,17-18,26,28-32H,2,5-7,9-11,13-16,19-25H2,1,3-4H3. The number of pyridine rings is 1. The molecule has 3 aliphatic carbocycles. The van der Waals surface area contributed by atoms with Crippen LogP contribution in [0.2, 0.25) is 0 Å². The van der Waals surface area contributed by atoms with E-state index in [1.54, 1.807) is 7.11 Å². The van der Waals surface area contributed by atoms with Gasteiger partial charge in [-0.3, -0.25) is 9.78 Å². The highest BCUT2D eigenvalue weighted by atomic mass is 16.5. The van der Waals surface area contributed by atoms with Crippen molar-refractivity contribution in [2.24, 2.45) is 23.7 Å². The van der Waals surface area contributed by atoms with Gasteiger partial charge in [-0.2, -0.15) is 0 Å². The van der Waals surface area contributed by atoms with Gasteiger partial charge in [-0.25, -0.2) is 0 Å². The Morgan fingerprint density at radius 2 is 1.74 bits per heavy atom. The number of aromatic nitrogens is 1. The Labute approximate surface area is 261 Å². The lowest BCUT2D eigenvalue weighted by Gasteiger charge is -2.35. The van der Waals surface area contributed by atoms with Gasteiger partial charge in [0.1, 0.15) is 5.76 Å². The Kier molecular flexibility index (Phi) is 11.5. The van der Waals surface area contributed by atoms with Gasteiger partial charge in [0.15, 0.2) is 5.78 Å². The SMILES string of the molecule is C=C(CC)C(C)c1ccc(CC2=C(OC)C=C(C(=O)CC3CCC(C4CCOCC4)CC3)CC=C2)nc1CC1CCCC1. The van der Waals surface area contributed by atoms with E-state index < -0.39 is 0 Å². The Morgan fingerprint density at radius 1 is 1.02 bits per heavy atom. The van der Waals surface area contributed by atoms with Crippen LogP contribution in [-0.2, 0) is 27.1 Å². The summed E-state index contributed by atoms with van der Waals surface area (Å²) in [7, 11) is 1.73. The lowest BCUT2D eigenvalue weighted by molar-refractivity contribution is -0.116. The molecule has 43 heavy (non-hydrogen) atoms. The maximum absolute atomic E-state index is 13.5. The molecule has 0 spiro atoms. The average molecular weight is 586 g/mol. The van der Waals surface area contributed by atoms with E-state index in [-0.39, 0.29) is 0 Å². The molecule has 4 nitrogen and oxygen atoms in total. The first-order valence-corrected chi connectivity index (χ1v) is 17.4. The molecule has 4 heteroatoms. The first-order chi connectivity index (χ1) is 20.9. The van der Waals surface area contributed by atoms with Crippen LogP contribution in [0.15, 0.2) is 59.4 Å². The second-order valence-electron chi connectivity index (χ2n) is 13.8. The lowest BCUT2D eigenvalue weighted by atomic mass is 9.72. The van der Waals surface area contributed by atoms with Crippen LogP contribution in [0.4, 0.5) is 0 Å². The summed E-state index contributed by atoms with van der Waals surface area (Å²) in [4.78, 5) is 18.8. The summed E-state index contributed by atoms with van der Waals surface area (Å²) in [6, 6.07) is 4.49. The highest BCUT2D eigenvalue weighted by Crippen LogP contribution is 2.39. The molecule has 0 N–H and O–H groups in total. The van der Waals surface area contributed by atoms with Crippen LogP contribution in [0.3, 0.4) is 0 Å². The largest absolute Gasteiger partial charge is 0.496 e. The summed E-state index contributed by atoms with van der Waals surface area (Å²) < 4.78 is 11.5. The minimum absolute atomic E-state index is 0.293. The first-order valence-electron chi connectivity index (χ1n) is 17.4. The molecule has 5 rings (SSSR count). The maximum Gasteiger partial charge on any atom is 0.159 e. The van der Waals surface area contributed by atoms with Gasteiger partial charge in [0, 0.05) is 48.9 Å². The van der Waals surface area contributed by atoms with E-state index in [1.807, 2.05) is 6.08 Å². The van der Waals surface area contributed by atoms with Crippen molar-refractivity contribution in [3.05, 3.63) is 76.4 Å². The van der Waals surface area contributed by atoms with Crippen LogP contribution in [-0.4, -0.2) is 31.1 Å². The third-order valence-corrected chi connectivity index (χ3v) is 11.1. The first kappa shape index (κ1) is 31.9. The van der Waals surface area contributed by atoms with Crippen LogP contribution in [0.5, 0.6) is 0 Å². The van der Waals surface area contributed by atoms with Gasteiger partial charge in [0.05, 0.1) is 7.11 Å². The van der Waals surface area contributed by atoms with E-state index in [4.69, 9.17) is 14.5 Å². The smallest absolute Gasteiger partial charge is 0.159 e. The van der Waals surface area contributed by atoms with Crippen LogP contribution in [0.1, 0.15) is 120 Å². The molecule has 1 aliphatic heterocycles. The molecule has 3 fully saturated rings. The van der Waals surface area contributed by atoms with E-state index in [9.17, 15) is 4.79 Å². The van der Waals surface area contributed by atoms with Crippen LogP contribution < -0.4 is 0 Å². The molecule has 0 radical (unpaired) electrons. The fraction of sp³-hybridized carbons (Fsp3) is 0.641. The molecule has 0 amide bonds. The van der Waals surface area contributed by atoms with E-state index in [0.717, 1.165) is 66.4 Å². The monoisotopic (exact) mass is 585 g/mol. The fourth-order valence-corrected chi connectivity index (χ4v) is 8.12. The summed E-state index contributed by atoms with van der Waals surface area (Å²) in [6.45, 7) is 10.7. The van der Waals surface area contributed by atoms with Crippen molar-refractivity contribution in [3.63, 3.8) is 0 Å². The molecule has 4 aliphatic rings. The number of rotatable bonds is 12. The van der Waals surface area contributed by atoms with Crippen molar-refractivity contribution in [3.8, 4) is 0 Å². The number of nitrogens with zero attached hydrogens (tertiary/aromatic N) is 1. The van der Waals surface area contributed by atoms with Gasteiger partial charge in [0.25, 0.3) is 0 Å². The zero-order valence-electron chi connectivity index (χ0n) is 27.2. The summed E-state index contributed by atoms with van der Waals surface area (Å²) in [6.07, 6.45) is 23.1. The maximum atomic E-state index is 13.5. The molecule has 1 aromatic heterocycles. The van der Waals surface area contributed by atoms with E-state index in [0.29, 0.717) is 36.9 Å².